The summed E-state index contributed by atoms with van der Waals surface area (Å²) in [6.45, 7) is 0. The maximum atomic E-state index is 5.02. The van der Waals surface area contributed by atoms with Gasteiger partial charge in [-0.2, -0.15) is 0 Å². The Hall–Kier alpha value is -3.79. The molecule has 0 radical (unpaired) electrons. The van der Waals surface area contributed by atoms with Crippen molar-refractivity contribution >= 4 is 38.4 Å². The molecule has 0 aliphatic heterocycles. The average Bonchev–Trinajstić information content (AvgIpc) is 3.32. The van der Waals surface area contributed by atoms with E-state index in [0.717, 1.165) is 34.0 Å². The van der Waals surface area contributed by atoms with Gasteiger partial charge in [0.15, 0.2) is 0 Å². The van der Waals surface area contributed by atoms with Crippen molar-refractivity contribution in [1.29, 1.82) is 0 Å². The van der Waals surface area contributed by atoms with Crippen LogP contribution in [-0.4, -0.2) is 19.4 Å². The van der Waals surface area contributed by atoms with E-state index in [1.807, 2.05) is 30.9 Å². The summed E-state index contributed by atoms with van der Waals surface area (Å²) in [4.78, 5) is 13.7. The van der Waals surface area contributed by atoms with Crippen LogP contribution in [0, 0.1) is 0 Å². The fourth-order valence-electron chi connectivity index (χ4n) is 4.81. The van der Waals surface area contributed by atoms with Gasteiger partial charge in [0.05, 0.1) is 17.2 Å². The standard InChI is InChI=1S/C24H14N4/c1-2-4-16-14(3-1)11-15-5-6-17-18-12-25-9-7-20(18)28-21-8-10-26-13-19(21)27-24(28)23(17)22(15)16/h1-10,12-13H,11H2. The van der Waals surface area contributed by atoms with Gasteiger partial charge in [-0.15, -0.1) is 0 Å². The summed E-state index contributed by atoms with van der Waals surface area (Å²) in [5.74, 6) is 0. The fourth-order valence-corrected chi connectivity index (χ4v) is 4.81. The number of hydrogen-bond acceptors (Lipinski definition) is 3. The number of nitrogens with zero attached hydrogens (tertiary/aromatic N) is 4. The van der Waals surface area contributed by atoms with Gasteiger partial charge < -0.3 is 0 Å². The highest BCUT2D eigenvalue weighted by Gasteiger charge is 2.24. The minimum atomic E-state index is 0.914. The third-order valence-corrected chi connectivity index (χ3v) is 5.97. The molecule has 2 aromatic carbocycles. The molecule has 0 fully saturated rings. The molecule has 0 spiro atoms. The van der Waals surface area contributed by atoms with E-state index in [1.54, 1.807) is 0 Å². The van der Waals surface area contributed by atoms with Gasteiger partial charge in [0, 0.05) is 29.4 Å². The first-order chi connectivity index (χ1) is 13.9. The van der Waals surface area contributed by atoms with Crippen LogP contribution < -0.4 is 0 Å². The Morgan fingerprint density at radius 3 is 2.57 bits per heavy atom. The molecule has 7 rings (SSSR count). The Kier molecular flexibility index (Phi) is 2.51. The predicted molar refractivity (Wildman–Crippen MR) is 112 cm³/mol. The van der Waals surface area contributed by atoms with Gasteiger partial charge in [-0.3, -0.25) is 14.4 Å². The van der Waals surface area contributed by atoms with E-state index in [0.29, 0.717) is 0 Å². The van der Waals surface area contributed by atoms with Crippen molar-refractivity contribution in [3.8, 4) is 11.1 Å². The molecule has 4 heterocycles. The lowest BCUT2D eigenvalue weighted by atomic mass is 9.97. The quantitative estimate of drug-likeness (QED) is 0.352. The molecular weight excluding hydrogens is 344 g/mol. The molecule has 1 aliphatic rings. The Bertz CT molecular complexity index is 1590. The van der Waals surface area contributed by atoms with E-state index in [4.69, 9.17) is 4.98 Å². The molecular formula is C24H14N4. The summed E-state index contributed by atoms with van der Waals surface area (Å²) in [6, 6.07) is 17.3. The van der Waals surface area contributed by atoms with E-state index in [-0.39, 0.29) is 0 Å². The Morgan fingerprint density at radius 1 is 0.750 bits per heavy atom. The number of hydrogen-bond donors (Lipinski definition) is 0. The van der Waals surface area contributed by atoms with Crippen LogP contribution in [0.15, 0.2) is 73.3 Å². The van der Waals surface area contributed by atoms with Gasteiger partial charge in [0.2, 0.25) is 0 Å². The van der Waals surface area contributed by atoms with Crippen molar-refractivity contribution in [2.24, 2.45) is 0 Å². The highest BCUT2D eigenvalue weighted by Crippen LogP contribution is 2.44. The summed E-state index contributed by atoms with van der Waals surface area (Å²) in [6.07, 6.45) is 8.47. The van der Waals surface area contributed by atoms with Crippen LogP contribution in [-0.2, 0) is 6.42 Å². The highest BCUT2D eigenvalue weighted by atomic mass is 15.0. The minimum absolute atomic E-state index is 0.914. The average molecular weight is 358 g/mol. The zero-order valence-corrected chi connectivity index (χ0v) is 14.9. The molecule has 4 aromatic heterocycles. The molecule has 0 N–H and O–H groups in total. The second-order valence-electron chi connectivity index (χ2n) is 7.38. The number of rotatable bonds is 0. The molecule has 1 aliphatic carbocycles. The number of benzene rings is 2. The normalized spacial score (nSPS) is 12.9. The fraction of sp³-hybridized carbons (Fsp3) is 0.0417. The molecule has 6 aromatic rings. The molecule has 130 valence electrons. The van der Waals surface area contributed by atoms with E-state index < -0.39 is 0 Å². The van der Waals surface area contributed by atoms with Gasteiger partial charge in [-0.25, -0.2) is 4.98 Å². The van der Waals surface area contributed by atoms with Crippen molar-refractivity contribution in [3.63, 3.8) is 0 Å². The van der Waals surface area contributed by atoms with Crippen molar-refractivity contribution in [1.82, 2.24) is 19.4 Å². The number of imidazole rings is 1. The van der Waals surface area contributed by atoms with E-state index >= 15 is 0 Å². The van der Waals surface area contributed by atoms with E-state index in [1.165, 1.54) is 33.0 Å². The van der Waals surface area contributed by atoms with Crippen LogP contribution in [0.25, 0.3) is 49.5 Å². The zero-order chi connectivity index (χ0) is 18.2. The zero-order valence-electron chi connectivity index (χ0n) is 14.9. The van der Waals surface area contributed by atoms with Crippen LogP contribution in [0.1, 0.15) is 11.1 Å². The summed E-state index contributed by atoms with van der Waals surface area (Å²) in [5, 5.41) is 3.56. The van der Waals surface area contributed by atoms with Crippen molar-refractivity contribution in [2.45, 2.75) is 6.42 Å². The Morgan fingerprint density at radius 2 is 1.61 bits per heavy atom. The first-order valence-corrected chi connectivity index (χ1v) is 9.42. The molecule has 0 amide bonds. The molecule has 0 saturated carbocycles. The first-order valence-electron chi connectivity index (χ1n) is 9.42. The predicted octanol–water partition coefficient (Wildman–Crippen LogP) is 5.16. The van der Waals surface area contributed by atoms with E-state index in [9.17, 15) is 0 Å². The lowest BCUT2D eigenvalue weighted by molar-refractivity contribution is 1.26. The van der Waals surface area contributed by atoms with E-state index in [2.05, 4.69) is 56.8 Å². The maximum absolute atomic E-state index is 5.02. The molecule has 28 heavy (non-hydrogen) atoms. The lowest BCUT2D eigenvalue weighted by Gasteiger charge is -2.12. The highest BCUT2D eigenvalue weighted by molar-refractivity contribution is 6.19. The Balaban J connectivity index is 1.84. The van der Waals surface area contributed by atoms with Crippen LogP contribution in [0.4, 0.5) is 0 Å². The smallest absolute Gasteiger partial charge is 0.147 e. The minimum Gasteiger partial charge on any atom is -0.291 e. The van der Waals surface area contributed by atoms with Crippen LogP contribution in [0.5, 0.6) is 0 Å². The second-order valence-corrected chi connectivity index (χ2v) is 7.38. The van der Waals surface area contributed by atoms with Gasteiger partial charge in [-0.1, -0.05) is 36.4 Å². The van der Waals surface area contributed by atoms with Gasteiger partial charge in [0.1, 0.15) is 11.2 Å². The Labute approximate surface area is 160 Å². The summed E-state index contributed by atoms with van der Waals surface area (Å²) < 4.78 is 2.26. The SMILES string of the molecule is c1ccc2c(c1)Cc1ccc3c4cnccc4n4c5ccncc5nc4c3c1-2. The van der Waals surface area contributed by atoms with Crippen molar-refractivity contribution in [3.05, 3.63) is 84.4 Å². The second kappa shape index (κ2) is 4.93. The van der Waals surface area contributed by atoms with Gasteiger partial charge >= 0.3 is 0 Å². The summed E-state index contributed by atoms with van der Waals surface area (Å²) in [5.41, 5.74) is 9.48. The van der Waals surface area contributed by atoms with Crippen LogP contribution in [0.3, 0.4) is 0 Å². The lowest BCUT2D eigenvalue weighted by Crippen LogP contribution is -1.94. The largest absolute Gasteiger partial charge is 0.291 e. The monoisotopic (exact) mass is 358 g/mol. The summed E-state index contributed by atoms with van der Waals surface area (Å²) in [7, 11) is 0. The van der Waals surface area contributed by atoms with Crippen LogP contribution >= 0.6 is 0 Å². The van der Waals surface area contributed by atoms with Gasteiger partial charge in [-0.05, 0) is 46.2 Å². The van der Waals surface area contributed by atoms with Gasteiger partial charge in [0.25, 0.3) is 0 Å². The summed E-state index contributed by atoms with van der Waals surface area (Å²) >= 11 is 0. The number of pyridine rings is 3. The number of aromatic nitrogens is 4. The molecule has 0 unspecified atom stereocenters. The molecule has 0 bridgehead atoms. The number of fused-ring (bicyclic) bond motifs is 12. The molecule has 4 heteroatoms. The molecule has 0 atom stereocenters. The first kappa shape index (κ1) is 14.3. The third-order valence-electron chi connectivity index (χ3n) is 5.97. The van der Waals surface area contributed by atoms with Crippen molar-refractivity contribution in [2.75, 3.05) is 0 Å². The van der Waals surface area contributed by atoms with Crippen molar-refractivity contribution < 1.29 is 0 Å². The molecule has 4 nitrogen and oxygen atoms in total. The maximum Gasteiger partial charge on any atom is 0.147 e. The third kappa shape index (κ3) is 1.63. The molecule has 0 saturated heterocycles. The van der Waals surface area contributed by atoms with Crippen LogP contribution in [0.2, 0.25) is 0 Å². The topological polar surface area (TPSA) is 43.1 Å².